The highest BCUT2D eigenvalue weighted by molar-refractivity contribution is 5.96. The molecule has 1 aromatic carbocycles. The van der Waals surface area contributed by atoms with Crippen molar-refractivity contribution < 1.29 is 18.4 Å². The molecule has 1 aromatic heterocycles. The summed E-state index contributed by atoms with van der Waals surface area (Å²) in [4.78, 5) is 27.1. The fourth-order valence-corrected chi connectivity index (χ4v) is 3.26. The fourth-order valence-electron chi connectivity index (χ4n) is 3.26. The third kappa shape index (κ3) is 7.86. The molecule has 0 aliphatic carbocycles. The Labute approximate surface area is 187 Å². The largest absolute Gasteiger partial charge is 0.355 e. The van der Waals surface area contributed by atoms with Crippen molar-refractivity contribution in [3.05, 3.63) is 47.5 Å². The first-order valence-electron chi connectivity index (χ1n) is 11.0. The molecular weight excluding hydrogens is 416 g/mol. The SMILES string of the molecule is CCCCN(CC)c1ccc(NC(=O)C(CCC)NC(=O)Cc2cc(F)cc(F)c2)nn1. The van der Waals surface area contributed by atoms with E-state index < -0.39 is 29.5 Å². The van der Waals surface area contributed by atoms with E-state index in [4.69, 9.17) is 0 Å². The molecule has 0 spiro atoms. The Hall–Kier alpha value is -3.10. The summed E-state index contributed by atoms with van der Waals surface area (Å²) >= 11 is 0. The Morgan fingerprint density at radius 2 is 1.75 bits per heavy atom. The van der Waals surface area contributed by atoms with Crippen molar-refractivity contribution >= 4 is 23.5 Å². The second-order valence-electron chi connectivity index (χ2n) is 7.56. The van der Waals surface area contributed by atoms with Crippen molar-refractivity contribution in [1.82, 2.24) is 15.5 Å². The molecule has 2 N–H and O–H groups in total. The number of rotatable bonds is 12. The van der Waals surface area contributed by atoms with Gasteiger partial charge in [0, 0.05) is 19.2 Å². The van der Waals surface area contributed by atoms with Crippen LogP contribution in [-0.4, -0.2) is 41.1 Å². The van der Waals surface area contributed by atoms with Crippen molar-refractivity contribution in [2.45, 2.75) is 58.9 Å². The summed E-state index contributed by atoms with van der Waals surface area (Å²) in [5, 5.41) is 13.6. The molecule has 7 nitrogen and oxygen atoms in total. The van der Waals surface area contributed by atoms with Gasteiger partial charge in [0.2, 0.25) is 11.8 Å². The molecule has 0 bridgehead atoms. The molecule has 2 rings (SSSR count). The molecule has 1 heterocycles. The quantitative estimate of drug-likeness (QED) is 0.516. The van der Waals surface area contributed by atoms with Gasteiger partial charge in [-0.2, -0.15) is 0 Å². The first-order valence-corrected chi connectivity index (χ1v) is 11.0. The highest BCUT2D eigenvalue weighted by Gasteiger charge is 2.21. The Bertz CT molecular complexity index is 872. The lowest BCUT2D eigenvalue weighted by Crippen LogP contribution is -2.44. The molecule has 1 atom stereocenters. The molecule has 9 heteroatoms. The van der Waals surface area contributed by atoms with E-state index in [9.17, 15) is 18.4 Å². The van der Waals surface area contributed by atoms with E-state index in [1.165, 1.54) is 0 Å². The number of nitrogens with zero attached hydrogens (tertiary/aromatic N) is 3. The minimum atomic E-state index is -0.802. The zero-order valence-corrected chi connectivity index (χ0v) is 18.8. The number of aromatic nitrogens is 2. The maximum Gasteiger partial charge on any atom is 0.248 e. The Morgan fingerprint density at radius 3 is 2.31 bits per heavy atom. The highest BCUT2D eigenvalue weighted by Crippen LogP contribution is 2.13. The van der Waals surface area contributed by atoms with Crippen molar-refractivity contribution in [3.8, 4) is 0 Å². The predicted molar refractivity (Wildman–Crippen MR) is 120 cm³/mol. The maximum absolute atomic E-state index is 13.3. The first kappa shape index (κ1) is 25.2. The van der Waals surface area contributed by atoms with E-state index in [0.717, 1.165) is 49.9 Å². The third-order valence-corrected chi connectivity index (χ3v) is 4.91. The second kappa shape index (κ2) is 12.7. The summed E-state index contributed by atoms with van der Waals surface area (Å²) < 4.78 is 26.7. The van der Waals surface area contributed by atoms with Crippen molar-refractivity contribution in [3.63, 3.8) is 0 Å². The van der Waals surface area contributed by atoms with Gasteiger partial charge in [-0.25, -0.2) is 8.78 Å². The zero-order valence-electron chi connectivity index (χ0n) is 18.8. The molecule has 0 saturated heterocycles. The number of benzene rings is 1. The molecule has 0 radical (unpaired) electrons. The van der Waals surface area contributed by atoms with Gasteiger partial charge in [0.25, 0.3) is 0 Å². The van der Waals surface area contributed by atoms with E-state index in [1.807, 2.05) is 13.8 Å². The van der Waals surface area contributed by atoms with Gasteiger partial charge in [0.15, 0.2) is 11.6 Å². The number of carbonyl (C=O) groups excluding carboxylic acids is 2. The lowest BCUT2D eigenvalue weighted by Gasteiger charge is -2.21. The van der Waals surface area contributed by atoms with Gasteiger partial charge < -0.3 is 15.5 Å². The molecule has 1 unspecified atom stereocenters. The summed E-state index contributed by atoms with van der Waals surface area (Å²) in [5.74, 6) is -1.42. The molecule has 0 aliphatic rings. The van der Waals surface area contributed by atoms with Gasteiger partial charge in [-0.1, -0.05) is 26.7 Å². The van der Waals surface area contributed by atoms with E-state index in [1.54, 1.807) is 12.1 Å². The number of hydrogen-bond acceptors (Lipinski definition) is 5. The van der Waals surface area contributed by atoms with Gasteiger partial charge in [-0.3, -0.25) is 9.59 Å². The summed E-state index contributed by atoms with van der Waals surface area (Å²) in [6.45, 7) is 7.75. The van der Waals surface area contributed by atoms with Crippen molar-refractivity contribution in [2.75, 3.05) is 23.3 Å². The number of amides is 2. The number of hydrogen-bond donors (Lipinski definition) is 2. The number of unbranched alkanes of at least 4 members (excludes halogenated alkanes) is 1. The predicted octanol–water partition coefficient (Wildman–Crippen LogP) is 3.85. The molecule has 0 fully saturated rings. The summed E-state index contributed by atoms with van der Waals surface area (Å²) in [7, 11) is 0. The highest BCUT2D eigenvalue weighted by atomic mass is 19.1. The minimum Gasteiger partial charge on any atom is -0.355 e. The third-order valence-electron chi connectivity index (χ3n) is 4.91. The number of anilines is 2. The molecule has 2 amide bonds. The van der Waals surface area contributed by atoms with Crippen LogP contribution in [0, 0.1) is 11.6 Å². The van der Waals surface area contributed by atoms with Gasteiger partial charge in [-0.15, -0.1) is 10.2 Å². The van der Waals surface area contributed by atoms with Crippen LogP contribution in [-0.2, 0) is 16.0 Å². The molecule has 0 aliphatic heterocycles. The summed E-state index contributed by atoms with van der Waals surface area (Å²) in [5.41, 5.74) is 0.195. The Kier molecular flexibility index (Phi) is 9.97. The van der Waals surface area contributed by atoms with Gasteiger partial charge >= 0.3 is 0 Å². The van der Waals surface area contributed by atoms with E-state index >= 15 is 0 Å². The van der Waals surface area contributed by atoms with E-state index in [-0.39, 0.29) is 17.8 Å². The fraction of sp³-hybridized carbons (Fsp3) is 0.478. The molecular formula is C23H31F2N5O2. The Morgan fingerprint density at radius 1 is 1.03 bits per heavy atom. The average molecular weight is 448 g/mol. The molecule has 2 aromatic rings. The smallest absolute Gasteiger partial charge is 0.248 e. The summed E-state index contributed by atoms with van der Waals surface area (Å²) in [6, 6.07) is 5.60. The van der Waals surface area contributed by atoms with Crippen LogP contribution in [0.3, 0.4) is 0 Å². The molecule has 32 heavy (non-hydrogen) atoms. The van der Waals surface area contributed by atoms with Crippen LogP contribution < -0.4 is 15.5 Å². The van der Waals surface area contributed by atoms with Crippen LogP contribution in [0.15, 0.2) is 30.3 Å². The summed E-state index contributed by atoms with van der Waals surface area (Å²) in [6.07, 6.45) is 2.95. The average Bonchev–Trinajstić information content (AvgIpc) is 2.74. The minimum absolute atomic E-state index is 0.195. The lowest BCUT2D eigenvalue weighted by molar-refractivity contribution is -0.126. The zero-order chi connectivity index (χ0) is 23.5. The van der Waals surface area contributed by atoms with Gasteiger partial charge in [0.05, 0.1) is 6.42 Å². The van der Waals surface area contributed by atoms with Crippen LogP contribution >= 0.6 is 0 Å². The van der Waals surface area contributed by atoms with Crippen LogP contribution in [0.2, 0.25) is 0 Å². The monoisotopic (exact) mass is 447 g/mol. The Balaban J connectivity index is 1.99. The second-order valence-corrected chi connectivity index (χ2v) is 7.56. The number of nitrogens with one attached hydrogen (secondary N) is 2. The van der Waals surface area contributed by atoms with E-state index in [0.29, 0.717) is 12.8 Å². The molecule has 0 saturated carbocycles. The van der Waals surface area contributed by atoms with Crippen molar-refractivity contribution in [2.24, 2.45) is 0 Å². The van der Waals surface area contributed by atoms with Crippen LogP contribution in [0.4, 0.5) is 20.4 Å². The van der Waals surface area contributed by atoms with Crippen LogP contribution in [0.5, 0.6) is 0 Å². The van der Waals surface area contributed by atoms with Crippen LogP contribution in [0.25, 0.3) is 0 Å². The number of carbonyl (C=O) groups is 2. The van der Waals surface area contributed by atoms with Crippen molar-refractivity contribution in [1.29, 1.82) is 0 Å². The normalized spacial score (nSPS) is 11.7. The standard InChI is InChI=1S/C23H31F2N5O2/c1-4-7-11-30(6-3)21-10-9-20(28-29-21)27-23(32)19(8-5-2)26-22(31)14-16-12-17(24)15-18(25)13-16/h9-10,12-13,15,19H,4-8,11,14H2,1-3H3,(H,26,31)(H,27,28,32). The molecule has 174 valence electrons. The topological polar surface area (TPSA) is 87.2 Å². The number of halogens is 2. The van der Waals surface area contributed by atoms with Gasteiger partial charge in [-0.05, 0) is 49.6 Å². The first-order chi connectivity index (χ1) is 15.4. The van der Waals surface area contributed by atoms with Crippen LogP contribution in [0.1, 0.15) is 52.0 Å². The van der Waals surface area contributed by atoms with E-state index in [2.05, 4.69) is 32.7 Å². The van der Waals surface area contributed by atoms with Gasteiger partial charge in [0.1, 0.15) is 17.7 Å². The lowest BCUT2D eigenvalue weighted by atomic mass is 10.1. The maximum atomic E-state index is 13.3.